The van der Waals surface area contributed by atoms with E-state index in [4.69, 9.17) is 8.83 Å². The maximum Gasteiger partial charge on any atom is 0.340 e. The molecule has 5 rings (SSSR count). The van der Waals surface area contributed by atoms with Gasteiger partial charge in [-0.25, -0.2) is 14.8 Å². The molecule has 1 aliphatic rings. The van der Waals surface area contributed by atoms with Gasteiger partial charge in [0.2, 0.25) is 11.9 Å². The van der Waals surface area contributed by atoms with Crippen LogP contribution in [0.5, 0.6) is 0 Å². The molecule has 32 heavy (non-hydrogen) atoms. The minimum absolute atomic E-state index is 0.0212. The van der Waals surface area contributed by atoms with E-state index >= 15 is 0 Å². The first-order valence-corrected chi connectivity index (χ1v) is 10.7. The smallest absolute Gasteiger partial charge is 0.340 e. The molecular formula is C24H24N4O4. The van der Waals surface area contributed by atoms with E-state index in [1.807, 2.05) is 26.8 Å². The molecule has 1 fully saturated rings. The Labute approximate surface area is 184 Å². The molecule has 0 radical (unpaired) electrons. The monoisotopic (exact) mass is 432 g/mol. The molecule has 0 spiro atoms. The van der Waals surface area contributed by atoms with Gasteiger partial charge in [0.25, 0.3) is 0 Å². The van der Waals surface area contributed by atoms with Gasteiger partial charge in [-0.3, -0.25) is 4.79 Å². The highest BCUT2D eigenvalue weighted by molar-refractivity contribution is 6.00. The topological polar surface area (TPSA) is 92.7 Å². The second-order valence-electron chi connectivity index (χ2n) is 8.26. The van der Waals surface area contributed by atoms with Crippen LogP contribution in [0.4, 0.5) is 5.95 Å². The Kier molecular flexibility index (Phi) is 4.92. The van der Waals surface area contributed by atoms with Crippen molar-refractivity contribution in [1.29, 1.82) is 0 Å². The second kappa shape index (κ2) is 7.78. The lowest BCUT2D eigenvalue weighted by atomic mass is 9.99. The molecule has 164 valence electrons. The molecule has 8 heteroatoms. The lowest BCUT2D eigenvalue weighted by Crippen LogP contribution is -2.49. The van der Waals surface area contributed by atoms with E-state index in [0.29, 0.717) is 43.3 Å². The molecule has 1 saturated heterocycles. The summed E-state index contributed by atoms with van der Waals surface area (Å²) in [5.74, 6) is 0.590. The van der Waals surface area contributed by atoms with Gasteiger partial charge >= 0.3 is 5.63 Å². The number of fused-ring (bicyclic) bond motifs is 2. The number of anilines is 1. The highest BCUT2D eigenvalue weighted by Gasteiger charge is 2.25. The molecule has 4 heterocycles. The van der Waals surface area contributed by atoms with Gasteiger partial charge in [0, 0.05) is 54.9 Å². The van der Waals surface area contributed by atoms with Crippen molar-refractivity contribution in [3.63, 3.8) is 0 Å². The van der Waals surface area contributed by atoms with Crippen molar-refractivity contribution in [1.82, 2.24) is 14.9 Å². The van der Waals surface area contributed by atoms with Gasteiger partial charge in [-0.2, -0.15) is 0 Å². The van der Waals surface area contributed by atoms with E-state index in [2.05, 4.69) is 14.9 Å². The number of carbonyl (C=O) groups excluding carboxylic acids is 1. The number of rotatable bonds is 3. The van der Waals surface area contributed by atoms with Crippen LogP contribution in [0, 0.1) is 20.8 Å². The zero-order chi connectivity index (χ0) is 22.4. The van der Waals surface area contributed by atoms with Crippen molar-refractivity contribution < 1.29 is 13.6 Å². The van der Waals surface area contributed by atoms with Crippen molar-refractivity contribution >= 4 is 33.8 Å². The lowest BCUT2D eigenvalue weighted by molar-refractivity contribution is -0.130. The van der Waals surface area contributed by atoms with Gasteiger partial charge in [0.1, 0.15) is 11.2 Å². The Hall–Kier alpha value is -3.68. The fourth-order valence-electron chi connectivity index (χ4n) is 4.40. The number of aryl methyl sites for hydroxylation is 3. The Bertz CT molecular complexity index is 1380. The SMILES string of the molecule is Cc1coc2c(C)c3oc(=O)c(CC(=O)N4CCN(c5ncccn5)CC4)c(C)c3cc12. The first kappa shape index (κ1) is 20.2. The third kappa shape index (κ3) is 3.32. The largest absolute Gasteiger partial charge is 0.464 e. The molecule has 0 aliphatic carbocycles. The highest BCUT2D eigenvalue weighted by atomic mass is 16.4. The Balaban J connectivity index is 1.40. The summed E-state index contributed by atoms with van der Waals surface area (Å²) in [5.41, 5.74) is 3.79. The van der Waals surface area contributed by atoms with E-state index in [1.54, 1.807) is 29.6 Å². The summed E-state index contributed by atoms with van der Waals surface area (Å²) in [6.07, 6.45) is 5.15. The summed E-state index contributed by atoms with van der Waals surface area (Å²) in [6.45, 7) is 8.17. The maximum absolute atomic E-state index is 13.0. The number of piperazine rings is 1. The number of aromatic nitrogens is 2. The molecule has 1 aliphatic heterocycles. The first-order valence-electron chi connectivity index (χ1n) is 10.7. The number of benzene rings is 1. The minimum Gasteiger partial charge on any atom is -0.464 e. The summed E-state index contributed by atoms with van der Waals surface area (Å²) in [7, 11) is 0. The molecule has 1 amide bonds. The Morgan fingerprint density at radius 2 is 1.72 bits per heavy atom. The van der Waals surface area contributed by atoms with Crippen molar-refractivity contribution in [2.75, 3.05) is 31.1 Å². The fraction of sp³-hybridized carbons (Fsp3) is 0.333. The van der Waals surface area contributed by atoms with Gasteiger partial charge in [-0.1, -0.05) is 0 Å². The van der Waals surface area contributed by atoms with E-state index in [0.717, 1.165) is 33.0 Å². The summed E-state index contributed by atoms with van der Waals surface area (Å²) in [4.78, 5) is 38.2. The summed E-state index contributed by atoms with van der Waals surface area (Å²) in [6, 6.07) is 3.77. The van der Waals surface area contributed by atoms with Crippen molar-refractivity contribution in [2.45, 2.75) is 27.2 Å². The minimum atomic E-state index is -0.467. The third-order valence-electron chi connectivity index (χ3n) is 6.33. The van der Waals surface area contributed by atoms with Gasteiger partial charge < -0.3 is 18.6 Å². The predicted molar refractivity (Wildman–Crippen MR) is 121 cm³/mol. The average Bonchev–Trinajstić information content (AvgIpc) is 3.19. The van der Waals surface area contributed by atoms with E-state index in [9.17, 15) is 9.59 Å². The molecule has 0 bridgehead atoms. The Morgan fingerprint density at radius 1 is 1.00 bits per heavy atom. The maximum atomic E-state index is 13.0. The van der Waals surface area contributed by atoms with Crippen molar-refractivity contribution in [3.05, 3.63) is 63.5 Å². The summed E-state index contributed by atoms with van der Waals surface area (Å²) < 4.78 is 11.3. The number of carbonyl (C=O) groups is 1. The van der Waals surface area contributed by atoms with Crippen LogP contribution in [-0.4, -0.2) is 47.0 Å². The molecule has 0 atom stereocenters. The number of hydrogen-bond acceptors (Lipinski definition) is 7. The second-order valence-corrected chi connectivity index (χ2v) is 8.26. The van der Waals surface area contributed by atoms with Gasteiger partial charge in [0.15, 0.2) is 0 Å². The number of furan rings is 1. The van der Waals surface area contributed by atoms with E-state index in [1.165, 1.54) is 0 Å². The van der Waals surface area contributed by atoms with Gasteiger partial charge in [-0.05, 0) is 44.0 Å². The van der Waals surface area contributed by atoms with Crippen LogP contribution < -0.4 is 10.5 Å². The molecule has 0 saturated carbocycles. The quantitative estimate of drug-likeness (QED) is 0.459. The molecule has 4 aromatic rings. The standard InChI is InChI=1S/C24H24N4O4/c1-14-13-31-21-16(3)22-18(11-17(14)21)15(2)19(23(30)32-22)12-20(29)27-7-9-28(10-8-27)24-25-5-4-6-26-24/h4-6,11,13H,7-10,12H2,1-3H3. The fourth-order valence-corrected chi connectivity index (χ4v) is 4.40. The lowest BCUT2D eigenvalue weighted by Gasteiger charge is -2.34. The predicted octanol–water partition coefficient (Wildman–Crippen LogP) is 3.15. The highest BCUT2D eigenvalue weighted by Crippen LogP contribution is 2.32. The number of amides is 1. The van der Waals surface area contributed by atoms with Gasteiger partial charge in [0.05, 0.1) is 18.2 Å². The van der Waals surface area contributed by atoms with Crippen molar-refractivity contribution in [3.8, 4) is 0 Å². The van der Waals surface area contributed by atoms with Crippen molar-refractivity contribution in [2.24, 2.45) is 0 Å². The van der Waals surface area contributed by atoms with Crippen LogP contribution in [0.3, 0.4) is 0 Å². The van der Waals surface area contributed by atoms with Gasteiger partial charge in [-0.15, -0.1) is 0 Å². The zero-order valence-corrected chi connectivity index (χ0v) is 18.3. The zero-order valence-electron chi connectivity index (χ0n) is 18.3. The Morgan fingerprint density at radius 3 is 2.44 bits per heavy atom. The molecule has 8 nitrogen and oxygen atoms in total. The van der Waals surface area contributed by atoms with Crippen LogP contribution in [0.2, 0.25) is 0 Å². The van der Waals surface area contributed by atoms with Crippen LogP contribution in [0.1, 0.15) is 22.3 Å². The average molecular weight is 432 g/mol. The van der Waals surface area contributed by atoms with Crippen LogP contribution in [0.15, 0.2) is 44.4 Å². The van der Waals surface area contributed by atoms with Crippen LogP contribution in [0.25, 0.3) is 21.9 Å². The molecule has 0 unspecified atom stereocenters. The molecule has 0 N–H and O–H groups in total. The third-order valence-corrected chi connectivity index (χ3v) is 6.33. The summed E-state index contributed by atoms with van der Waals surface area (Å²) in [5, 5.41) is 1.83. The number of nitrogens with zero attached hydrogens (tertiary/aromatic N) is 4. The molecule has 1 aromatic carbocycles. The van der Waals surface area contributed by atoms with Crippen LogP contribution >= 0.6 is 0 Å². The van der Waals surface area contributed by atoms with E-state index in [-0.39, 0.29) is 12.3 Å². The van der Waals surface area contributed by atoms with Crippen LogP contribution in [-0.2, 0) is 11.2 Å². The molecular weight excluding hydrogens is 408 g/mol. The normalized spacial score (nSPS) is 14.5. The summed E-state index contributed by atoms with van der Waals surface area (Å²) >= 11 is 0. The van der Waals surface area contributed by atoms with E-state index < -0.39 is 5.63 Å². The molecule has 3 aromatic heterocycles. The first-order chi connectivity index (χ1) is 15.4. The number of hydrogen-bond donors (Lipinski definition) is 0.